The summed E-state index contributed by atoms with van der Waals surface area (Å²) in [6, 6.07) is 0. The lowest BCUT2D eigenvalue weighted by molar-refractivity contribution is -0.160. The van der Waals surface area contributed by atoms with Crippen molar-refractivity contribution < 1.29 is 14.3 Å². The lowest BCUT2D eigenvalue weighted by Gasteiger charge is -2.42. The maximum absolute atomic E-state index is 12.7. The summed E-state index contributed by atoms with van der Waals surface area (Å²) in [5.74, 6) is 3.87. The van der Waals surface area contributed by atoms with E-state index in [0.717, 1.165) is 24.2 Å². The lowest BCUT2D eigenvalue weighted by atomic mass is 9.62. The first-order valence-electron chi connectivity index (χ1n) is 12.1. The molecular weight excluding hydrogens is 348 g/mol. The Morgan fingerprint density at radius 1 is 0.929 bits per heavy atom. The van der Waals surface area contributed by atoms with Gasteiger partial charge in [0.15, 0.2) is 0 Å². The van der Waals surface area contributed by atoms with Crippen molar-refractivity contribution >= 4 is 11.8 Å². The van der Waals surface area contributed by atoms with Gasteiger partial charge in [0, 0.05) is 6.42 Å². The van der Waals surface area contributed by atoms with Crippen LogP contribution in [0.25, 0.3) is 0 Å². The van der Waals surface area contributed by atoms with Gasteiger partial charge in [0.05, 0.1) is 7.11 Å². The molecule has 0 amide bonds. The molecule has 0 unspecified atom stereocenters. The van der Waals surface area contributed by atoms with Gasteiger partial charge in [-0.05, 0) is 87.9 Å². The molecule has 3 fully saturated rings. The molecule has 0 aromatic heterocycles. The molecule has 0 aromatic rings. The number of methoxy groups -OCH3 is 1. The van der Waals surface area contributed by atoms with Gasteiger partial charge in [-0.3, -0.25) is 9.59 Å². The molecule has 3 heteroatoms. The monoisotopic (exact) mass is 390 g/mol. The second-order valence-electron chi connectivity index (χ2n) is 10.3. The molecule has 0 spiro atoms. The van der Waals surface area contributed by atoms with Crippen LogP contribution in [0, 0.1) is 35.0 Å². The van der Waals surface area contributed by atoms with E-state index in [9.17, 15) is 9.59 Å². The second-order valence-corrected chi connectivity index (χ2v) is 10.3. The van der Waals surface area contributed by atoms with E-state index < -0.39 is 5.41 Å². The van der Waals surface area contributed by atoms with Crippen LogP contribution in [0.1, 0.15) is 104 Å². The van der Waals surface area contributed by atoms with Crippen LogP contribution >= 0.6 is 0 Å². The fourth-order valence-electron chi connectivity index (χ4n) is 6.55. The highest BCUT2D eigenvalue weighted by Gasteiger charge is 2.47. The minimum absolute atomic E-state index is 0.114. The summed E-state index contributed by atoms with van der Waals surface area (Å²) in [4.78, 5) is 24.7. The molecule has 0 aliphatic heterocycles. The van der Waals surface area contributed by atoms with Crippen LogP contribution in [-0.2, 0) is 14.3 Å². The quantitative estimate of drug-likeness (QED) is 0.393. The highest BCUT2D eigenvalue weighted by Crippen LogP contribution is 2.47. The van der Waals surface area contributed by atoms with Crippen molar-refractivity contribution in [1.82, 2.24) is 0 Å². The van der Waals surface area contributed by atoms with Crippen molar-refractivity contribution in [3.63, 3.8) is 0 Å². The van der Waals surface area contributed by atoms with E-state index in [2.05, 4.69) is 6.92 Å². The molecule has 0 radical (unpaired) electrons. The number of hydrogen-bond acceptors (Lipinski definition) is 3. The summed E-state index contributed by atoms with van der Waals surface area (Å²) in [7, 11) is 1.39. The van der Waals surface area contributed by atoms with Crippen molar-refractivity contribution in [2.45, 2.75) is 104 Å². The van der Waals surface area contributed by atoms with Gasteiger partial charge in [-0.25, -0.2) is 0 Å². The number of unbranched alkanes of at least 4 members (excludes halogenated alkanes) is 1. The zero-order valence-corrected chi connectivity index (χ0v) is 18.5. The zero-order chi connectivity index (χ0) is 20.1. The van der Waals surface area contributed by atoms with Gasteiger partial charge < -0.3 is 4.74 Å². The Morgan fingerprint density at radius 2 is 1.46 bits per heavy atom. The van der Waals surface area contributed by atoms with Crippen LogP contribution in [-0.4, -0.2) is 18.9 Å². The topological polar surface area (TPSA) is 43.4 Å². The summed E-state index contributed by atoms with van der Waals surface area (Å²) >= 11 is 0. The minimum atomic E-state index is -0.890. The average Bonchev–Trinajstić information content (AvgIpc) is 2.74. The average molecular weight is 391 g/mol. The molecule has 3 aliphatic carbocycles. The Balaban J connectivity index is 1.43. The Labute approximate surface area is 172 Å². The van der Waals surface area contributed by atoms with Gasteiger partial charge in [-0.2, -0.15) is 0 Å². The van der Waals surface area contributed by atoms with Crippen molar-refractivity contribution in [1.29, 1.82) is 0 Å². The summed E-state index contributed by atoms with van der Waals surface area (Å²) in [5, 5.41) is 0. The molecule has 0 bridgehead atoms. The zero-order valence-electron chi connectivity index (χ0n) is 18.5. The highest BCUT2D eigenvalue weighted by atomic mass is 16.5. The molecule has 160 valence electrons. The number of ketones is 1. The number of hydrogen-bond donors (Lipinski definition) is 0. The van der Waals surface area contributed by atoms with E-state index in [4.69, 9.17) is 4.74 Å². The molecule has 0 saturated heterocycles. The number of esters is 1. The number of rotatable bonds is 6. The predicted molar refractivity (Wildman–Crippen MR) is 113 cm³/mol. The maximum Gasteiger partial charge on any atom is 0.319 e. The fourth-order valence-corrected chi connectivity index (χ4v) is 6.55. The van der Waals surface area contributed by atoms with E-state index in [-0.39, 0.29) is 11.8 Å². The largest absolute Gasteiger partial charge is 0.468 e. The van der Waals surface area contributed by atoms with E-state index in [0.29, 0.717) is 24.7 Å². The van der Waals surface area contributed by atoms with E-state index in [1.165, 1.54) is 77.7 Å². The van der Waals surface area contributed by atoms with Crippen LogP contribution in [0.2, 0.25) is 0 Å². The first kappa shape index (κ1) is 21.8. The third kappa shape index (κ3) is 4.82. The standard InChI is InChI=1S/C25H42O3/c1-4-5-6-18-7-9-19(10-8-18)20-11-13-21(14-12-20)22-15-16-25(2,23(26)17-22)24(27)28-3/h18-22H,4-17H2,1-3H3/t18-,19-,20?,21?,22-,25+/m1/s1. The van der Waals surface area contributed by atoms with Crippen LogP contribution < -0.4 is 0 Å². The second kappa shape index (κ2) is 9.76. The van der Waals surface area contributed by atoms with Gasteiger partial charge in [-0.1, -0.05) is 39.0 Å². The third-order valence-electron chi connectivity index (χ3n) is 8.72. The van der Waals surface area contributed by atoms with Crippen molar-refractivity contribution in [3.05, 3.63) is 0 Å². The Kier molecular flexibility index (Phi) is 7.61. The van der Waals surface area contributed by atoms with Crippen LogP contribution in [0.4, 0.5) is 0 Å². The van der Waals surface area contributed by atoms with Gasteiger partial charge in [0.1, 0.15) is 11.2 Å². The van der Waals surface area contributed by atoms with Crippen molar-refractivity contribution in [2.24, 2.45) is 35.0 Å². The summed E-state index contributed by atoms with van der Waals surface area (Å²) in [5.41, 5.74) is -0.890. The molecule has 2 atom stereocenters. The summed E-state index contributed by atoms with van der Waals surface area (Å²) in [6.45, 7) is 4.09. The van der Waals surface area contributed by atoms with Crippen LogP contribution in [0.3, 0.4) is 0 Å². The van der Waals surface area contributed by atoms with E-state index in [1.54, 1.807) is 6.92 Å². The Morgan fingerprint density at radius 3 is 1.96 bits per heavy atom. The molecule has 3 saturated carbocycles. The molecule has 0 aromatic carbocycles. The number of carbonyl (C=O) groups is 2. The third-order valence-corrected chi connectivity index (χ3v) is 8.72. The van der Waals surface area contributed by atoms with Gasteiger partial charge >= 0.3 is 5.97 Å². The Bertz CT molecular complexity index is 526. The SMILES string of the molecule is CCCC[C@H]1CC[C@H](C2CCC([C@@H]3CC[C@](C)(C(=O)OC)C(=O)C3)CC2)CC1. The van der Waals surface area contributed by atoms with Gasteiger partial charge in [-0.15, -0.1) is 0 Å². The fraction of sp³-hybridized carbons (Fsp3) is 0.920. The molecular formula is C25H42O3. The maximum atomic E-state index is 12.7. The van der Waals surface area contributed by atoms with E-state index >= 15 is 0 Å². The lowest BCUT2D eigenvalue weighted by Crippen LogP contribution is -2.43. The number of ether oxygens (including phenoxy) is 1. The molecule has 0 heterocycles. The minimum Gasteiger partial charge on any atom is -0.468 e. The number of carbonyl (C=O) groups excluding carboxylic acids is 2. The van der Waals surface area contributed by atoms with Crippen LogP contribution in [0.5, 0.6) is 0 Å². The van der Waals surface area contributed by atoms with Crippen LogP contribution in [0.15, 0.2) is 0 Å². The van der Waals surface area contributed by atoms with Crippen molar-refractivity contribution in [2.75, 3.05) is 7.11 Å². The molecule has 3 rings (SSSR count). The number of Topliss-reactive ketones (excluding diaryl/α,β-unsaturated/α-hetero) is 1. The first-order valence-corrected chi connectivity index (χ1v) is 12.1. The first-order chi connectivity index (χ1) is 13.5. The summed E-state index contributed by atoms with van der Waals surface area (Å²) in [6.07, 6.45) is 17.7. The smallest absolute Gasteiger partial charge is 0.319 e. The van der Waals surface area contributed by atoms with Gasteiger partial charge in [0.2, 0.25) is 0 Å². The normalized spacial score (nSPS) is 39.5. The molecule has 28 heavy (non-hydrogen) atoms. The molecule has 3 aliphatic rings. The Hall–Kier alpha value is -0.860. The molecule has 3 nitrogen and oxygen atoms in total. The van der Waals surface area contributed by atoms with Crippen molar-refractivity contribution in [3.8, 4) is 0 Å². The summed E-state index contributed by atoms with van der Waals surface area (Å²) < 4.78 is 4.89. The van der Waals surface area contributed by atoms with Gasteiger partial charge in [0.25, 0.3) is 0 Å². The highest BCUT2D eigenvalue weighted by molar-refractivity contribution is 6.03. The predicted octanol–water partition coefficient (Wildman–Crippen LogP) is 6.34. The van der Waals surface area contributed by atoms with E-state index in [1.807, 2.05) is 0 Å². The molecule has 0 N–H and O–H groups in total.